The molecule has 0 heterocycles. The van der Waals surface area contributed by atoms with Crippen molar-refractivity contribution in [2.24, 2.45) is 4.99 Å². The van der Waals surface area contributed by atoms with Crippen molar-refractivity contribution in [3.05, 3.63) is 23.3 Å². The van der Waals surface area contributed by atoms with Gasteiger partial charge in [-0.2, -0.15) is 0 Å². The summed E-state index contributed by atoms with van der Waals surface area (Å²) >= 11 is 0. The number of benzene rings is 1. The van der Waals surface area contributed by atoms with Gasteiger partial charge >= 0.3 is 0 Å². The molecule has 0 fully saturated rings. The molecule has 4 heteroatoms. The standard InChI is InChI=1S/C13H17NO3/c1-9(2)13-10(7-14-8-15)11(16-3)5-6-12(13)17-4/h5-6,9H,7H2,1-4H3. The van der Waals surface area contributed by atoms with Gasteiger partial charge in [-0.3, -0.25) is 0 Å². The molecule has 0 aliphatic rings. The SMILES string of the molecule is COc1ccc(OC)c(C(C)C)c1CN=C=O. The number of ether oxygens (including phenoxy) is 2. The lowest BCUT2D eigenvalue weighted by Gasteiger charge is -2.18. The van der Waals surface area contributed by atoms with Crippen molar-refractivity contribution < 1.29 is 14.3 Å². The summed E-state index contributed by atoms with van der Waals surface area (Å²) in [7, 11) is 3.22. The molecule has 0 aromatic heterocycles. The molecule has 92 valence electrons. The van der Waals surface area contributed by atoms with Gasteiger partial charge in [0.15, 0.2) is 0 Å². The Balaban J connectivity index is 3.40. The van der Waals surface area contributed by atoms with Crippen molar-refractivity contribution in [3.8, 4) is 11.5 Å². The second-order valence-corrected chi connectivity index (χ2v) is 3.92. The lowest BCUT2D eigenvalue weighted by molar-refractivity contribution is 0.392. The largest absolute Gasteiger partial charge is 0.496 e. The van der Waals surface area contributed by atoms with E-state index in [1.807, 2.05) is 12.1 Å². The fourth-order valence-electron chi connectivity index (χ4n) is 1.90. The first-order valence-electron chi connectivity index (χ1n) is 5.43. The third-order valence-electron chi connectivity index (χ3n) is 2.59. The van der Waals surface area contributed by atoms with Crippen LogP contribution in [-0.4, -0.2) is 20.3 Å². The number of carbonyl (C=O) groups excluding carboxylic acids is 1. The molecule has 0 bridgehead atoms. The first-order chi connectivity index (χ1) is 8.15. The van der Waals surface area contributed by atoms with Gasteiger partial charge in [-0.05, 0) is 18.1 Å². The number of aliphatic imine (C=N–C) groups is 1. The molecule has 0 unspecified atom stereocenters. The van der Waals surface area contributed by atoms with Crippen molar-refractivity contribution in [2.75, 3.05) is 14.2 Å². The van der Waals surface area contributed by atoms with Crippen LogP contribution in [0.2, 0.25) is 0 Å². The molecular formula is C13H17NO3. The Hall–Kier alpha value is -1.80. The summed E-state index contributed by atoms with van der Waals surface area (Å²) in [6.45, 7) is 4.38. The molecule has 1 aromatic carbocycles. The van der Waals surface area contributed by atoms with Crippen LogP contribution in [0.5, 0.6) is 11.5 Å². The molecular weight excluding hydrogens is 218 g/mol. The molecule has 0 aliphatic carbocycles. The van der Waals surface area contributed by atoms with E-state index in [0.717, 1.165) is 16.9 Å². The summed E-state index contributed by atoms with van der Waals surface area (Å²) in [4.78, 5) is 13.9. The van der Waals surface area contributed by atoms with E-state index in [1.54, 1.807) is 20.3 Å². The Morgan fingerprint density at radius 2 is 1.82 bits per heavy atom. The number of hydrogen-bond acceptors (Lipinski definition) is 4. The fraction of sp³-hybridized carbons (Fsp3) is 0.462. The van der Waals surface area contributed by atoms with Crippen molar-refractivity contribution in [1.29, 1.82) is 0 Å². The maximum absolute atomic E-state index is 10.2. The molecule has 4 nitrogen and oxygen atoms in total. The van der Waals surface area contributed by atoms with Crippen molar-refractivity contribution in [1.82, 2.24) is 0 Å². The number of hydrogen-bond donors (Lipinski definition) is 0. The fourth-order valence-corrected chi connectivity index (χ4v) is 1.90. The smallest absolute Gasteiger partial charge is 0.235 e. The molecule has 0 amide bonds. The van der Waals surface area contributed by atoms with Gasteiger partial charge in [0.25, 0.3) is 0 Å². The van der Waals surface area contributed by atoms with Crippen LogP contribution in [0.25, 0.3) is 0 Å². The van der Waals surface area contributed by atoms with Gasteiger partial charge in [-0.15, -0.1) is 0 Å². The topological polar surface area (TPSA) is 47.9 Å². The van der Waals surface area contributed by atoms with E-state index in [-0.39, 0.29) is 12.5 Å². The zero-order valence-corrected chi connectivity index (χ0v) is 10.6. The normalized spacial score (nSPS) is 9.94. The quantitative estimate of drug-likeness (QED) is 0.582. The highest BCUT2D eigenvalue weighted by Crippen LogP contribution is 2.36. The molecule has 0 aliphatic heterocycles. The Kier molecular flexibility index (Phi) is 4.73. The minimum Gasteiger partial charge on any atom is -0.496 e. The van der Waals surface area contributed by atoms with E-state index in [0.29, 0.717) is 5.75 Å². The molecule has 0 radical (unpaired) electrons. The first kappa shape index (κ1) is 13.3. The predicted molar refractivity (Wildman–Crippen MR) is 65.5 cm³/mol. The van der Waals surface area contributed by atoms with Crippen LogP contribution in [0.4, 0.5) is 0 Å². The van der Waals surface area contributed by atoms with E-state index in [2.05, 4.69) is 18.8 Å². The van der Waals surface area contributed by atoms with Crippen LogP contribution in [0.3, 0.4) is 0 Å². The second kappa shape index (κ2) is 6.06. The van der Waals surface area contributed by atoms with E-state index < -0.39 is 0 Å². The molecule has 0 spiro atoms. The minimum atomic E-state index is 0.261. The molecule has 0 saturated carbocycles. The van der Waals surface area contributed by atoms with E-state index >= 15 is 0 Å². The highest BCUT2D eigenvalue weighted by molar-refractivity contribution is 5.51. The molecule has 17 heavy (non-hydrogen) atoms. The average Bonchev–Trinajstić information content (AvgIpc) is 2.34. The molecule has 0 atom stereocenters. The van der Waals surface area contributed by atoms with Gasteiger partial charge < -0.3 is 9.47 Å². The van der Waals surface area contributed by atoms with Crippen molar-refractivity contribution in [2.45, 2.75) is 26.3 Å². The first-order valence-corrected chi connectivity index (χ1v) is 5.43. The van der Waals surface area contributed by atoms with E-state index in [9.17, 15) is 4.79 Å². The highest BCUT2D eigenvalue weighted by atomic mass is 16.5. The lowest BCUT2D eigenvalue weighted by Crippen LogP contribution is -2.02. The summed E-state index contributed by atoms with van der Waals surface area (Å²) in [6.07, 6.45) is 1.55. The van der Waals surface area contributed by atoms with Crippen LogP contribution < -0.4 is 9.47 Å². The molecule has 0 saturated heterocycles. The van der Waals surface area contributed by atoms with Crippen molar-refractivity contribution >= 4 is 6.08 Å². The second-order valence-electron chi connectivity index (χ2n) is 3.92. The third kappa shape index (κ3) is 2.86. The summed E-state index contributed by atoms with van der Waals surface area (Å²) in [5.74, 6) is 1.77. The maximum atomic E-state index is 10.2. The summed E-state index contributed by atoms with van der Waals surface area (Å²) < 4.78 is 10.6. The Labute approximate surface area is 101 Å². The number of rotatable bonds is 5. The Bertz CT molecular complexity index is 435. The van der Waals surface area contributed by atoms with Crippen LogP contribution in [0, 0.1) is 0 Å². The summed E-state index contributed by atoms with van der Waals surface area (Å²) in [5, 5.41) is 0. The van der Waals surface area contributed by atoms with E-state index in [1.165, 1.54) is 0 Å². The van der Waals surface area contributed by atoms with E-state index in [4.69, 9.17) is 9.47 Å². The zero-order valence-electron chi connectivity index (χ0n) is 10.6. The summed E-state index contributed by atoms with van der Waals surface area (Å²) in [6, 6.07) is 3.68. The number of isocyanates is 1. The van der Waals surface area contributed by atoms with Gasteiger partial charge in [0, 0.05) is 11.1 Å². The highest BCUT2D eigenvalue weighted by Gasteiger charge is 2.17. The third-order valence-corrected chi connectivity index (χ3v) is 2.59. The maximum Gasteiger partial charge on any atom is 0.235 e. The average molecular weight is 235 g/mol. The van der Waals surface area contributed by atoms with Crippen LogP contribution >= 0.6 is 0 Å². The van der Waals surface area contributed by atoms with Gasteiger partial charge in [-0.25, -0.2) is 9.79 Å². The number of nitrogens with zero attached hydrogens (tertiary/aromatic N) is 1. The van der Waals surface area contributed by atoms with Gasteiger partial charge in [0.2, 0.25) is 6.08 Å². The molecule has 1 aromatic rings. The summed E-state index contributed by atoms with van der Waals surface area (Å²) in [5.41, 5.74) is 1.90. The van der Waals surface area contributed by atoms with Crippen LogP contribution in [0.15, 0.2) is 17.1 Å². The van der Waals surface area contributed by atoms with Gasteiger partial charge in [0.05, 0.1) is 20.8 Å². The van der Waals surface area contributed by atoms with Gasteiger partial charge in [-0.1, -0.05) is 13.8 Å². The Morgan fingerprint density at radius 1 is 1.24 bits per heavy atom. The van der Waals surface area contributed by atoms with Crippen molar-refractivity contribution in [3.63, 3.8) is 0 Å². The minimum absolute atomic E-state index is 0.261. The monoisotopic (exact) mass is 235 g/mol. The molecule has 0 N–H and O–H groups in total. The zero-order chi connectivity index (χ0) is 12.8. The lowest BCUT2D eigenvalue weighted by atomic mass is 9.95. The van der Waals surface area contributed by atoms with Crippen LogP contribution in [0.1, 0.15) is 30.9 Å². The Morgan fingerprint density at radius 3 is 2.29 bits per heavy atom. The predicted octanol–water partition coefficient (Wildman–Crippen LogP) is 2.66. The number of methoxy groups -OCH3 is 2. The van der Waals surface area contributed by atoms with Crippen LogP contribution in [-0.2, 0) is 11.3 Å². The van der Waals surface area contributed by atoms with Gasteiger partial charge in [0.1, 0.15) is 11.5 Å². The molecule has 1 rings (SSSR count).